The maximum Gasteiger partial charge on any atom is 0.307 e. The fraction of sp³-hybridized carbons (Fsp3) is 0.0714. The zero-order valence-corrected chi connectivity index (χ0v) is 20.9. The first kappa shape index (κ1) is 24.1. The summed E-state index contributed by atoms with van der Waals surface area (Å²) in [5, 5.41) is 15.8. The second-order valence-electron chi connectivity index (χ2n) is 8.36. The van der Waals surface area contributed by atoms with Crippen LogP contribution in [0.5, 0.6) is 0 Å². The van der Waals surface area contributed by atoms with Crippen LogP contribution < -0.4 is 5.43 Å². The molecular weight excluding hydrogens is 488 g/mol. The molecule has 0 saturated carbocycles. The number of nitrogens with zero attached hydrogens (tertiary/aromatic N) is 3. The van der Waals surface area contributed by atoms with Crippen LogP contribution in [-0.4, -0.2) is 21.6 Å². The lowest BCUT2D eigenvalue weighted by atomic mass is 10.2. The molecule has 3 aromatic carbocycles. The molecule has 2 aromatic heterocycles. The minimum atomic E-state index is -0.414. The third-order valence-corrected chi connectivity index (χ3v) is 6.88. The number of nitro groups is 1. The van der Waals surface area contributed by atoms with E-state index in [1.165, 1.54) is 23.9 Å². The number of aryl methyl sites for hydroxylation is 1. The van der Waals surface area contributed by atoms with Crippen LogP contribution in [0.15, 0.2) is 104 Å². The number of fused-ring (bicyclic) bond motifs is 1. The summed E-state index contributed by atoms with van der Waals surface area (Å²) in [4.78, 5) is 24.8. The van der Waals surface area contributed by atoms with Crippen molar-refractivity contribution in [3.8, 4) is 5.69 Å². The summed E-state index contributed by atoms with van der Waals surface area (Å²) in [6, 6.07) is 25.7. The van der Waals surface area contributed by atoms with Crippen LogP contribution in [0.25, 0.3) is 16.7 Å². The lowest BCUT2D eigenvalue weighted by Gasteiger charge is -2.10. The molecule has 1 amide bonds. The Morgan fingerprint density at radius 3 is 2.35 bits per heavy atom. The maximum absolute atomic E-state index is 12.4. The molecule has 184 valence electrons. The van der Waals surface area contributed by atoms with E-state index in [9.17, 15) is 14.9 Å². The number of para-hydroxylation sites is 1. The molecule has 0 bridgehead atoms. The van der Waals surface area contributed by atoms with Crippen molar-refractivity contribution in [2.45, 2.75) is 23.6 Å². The van der Waals surface area contributed by atoms with Crippen LogP contribution in [0.1, 0.15) is 27.5 Å². The Labute approximate surface area is 216 Å². The molecule has 2 heterocycles. The van der Waals surface area contributed by atoms with E-state index in [1.807, 2.05) is 68.4 Å². The van der Waals surface area contributed by atoms with Crippen molar-refractivity contribution in [3.05, 3.63) is 118 Å². The average molecular weight is 511 g/mol. The molecule has 8 nitrogen and oxygen atoms in total. The van der Waals surface area contributed by atoms with Crippen molar-refractivity contribution in [1.82, 2.24) is 9.99 Å². The Hall–Kier alpha value is -4.63. The molecule has 0 atom stereocenters. The molecule has 0 aliphatic heterocycles. The Morgan fingerprint density at radius 2 is 1.68 bits per heavy atom. The van der Waals surface area contributed by atoms with Crippen molar-refractivity contribution >= 4 is 40.5 Å². The predicted molar refractivity (Wildman–Crippen MR) is 144 cm³/mol. The summed E-state index contributed by atoms with van der Waals surface area (Å²) in [5.74, 6) is -0.210. The number of hydrogen-bond acceptors (Lipinski definition) is 6. The average Bonchev–Trinajstić information content (AvgIpc) is 3.45. The molecule has 0 aliphatic carbocycles. The van der Waals surface area contributed by atoms with Gasteiger partial charge in [-0.05, 0) is 68.4 Å². The number of hydrazone groups is 1. The second kappa shape index (κ2) is 10.2. The van der Waals surface area contributed by atoms with E-state index in [1.54, 1.807) is 24.4 Å². The third kappa shape index (κ3) is 5.17. The highest BCUT2D eigenvalue weighted by Gasteiger charge is 2.13. The van der Waals surface area contributed by atoms with E-state index in [2.05, 4.69) is 15.1 Å². The summed E-state index contributed by atoms with van der Waals surface area (Å²) < 4.78 is 7.69. The lowest BCUT2D eigenvalue weighted by Crippen LogP contribution is -2.16. The molecule has 37 heavy (non-hydrogen) atoms. The molecule has 5 rings (SSSR count). The Bertz CT molecular complexity index is 1600. The van der Waals surface area contributed by atoms with Gasteiger partial charge in [0.1, 0.15) is 5.58 Å². The monoisotopic (exact) mass is 510 g/mol. The maximum atomic E-state index is 12.4. The number of carbonyl (C=O) groups is 1. The van der Waals surface area contributed by atoms with Crippen LogP contribution in [0.2, 0.25) is 0 Å². The van der Waals surface area contributed by atoms with E-state index in [4.69, 9.17) is 4.42 Å². The molecule has 0 fully saturated rings. The zero-order valence-electron chi connectivity index (χ0n) is 20.0. The number of amides is 1. The molecule has 9 heteroatoms. The quantitative estimate of drug-likeness (QED) is 0.150. The standard InChI is InChI=1S/C28H22N4O4S/c1-18-15-21(17-29-30-28(33)27-16-20-5-3-4-6-26(20)36-27)19(2)31(18)22-7-11-24(12-8-22)37-25-13-9-23(10-14-25)32(34)35/h3-17H,1-2H3,(H,30,33)/b29-17-. The first-order chi connectivity index (χ1) is 17.9. The van der Waals surface area contributed by atoms with Gasteiger partial charge in [0.15, 0.2) is 5.76 Å². The van der Waals surface area contributed by atoms with E-state index < -0.39 is 10.8 Å². The topological polar surface area (TPSA) is 103 Å². The van der Waals surface area contributed by atoms with Crippen molar-refractivity contribution in [3.63, 3.8) is 0 Å². The minimum Gasteiger partial charge on any atom is -0.451 e. The van der Waals surface area contributed by atoms with Gasteiger partial charge in [-0.2, -0.15) is 5.10 Å². The second-order valence-corrected chi connectivity index (χ2v) is 9.50. The zero-order chi connectivity index (χ0) is 25.9. The molecule has 1 N–H and O–H groups in total. The van der Waals surface area contributed by atoms with Gasteiger partial charge in [-0.3, -0.25) is 14.9 Å². The van der Waals surface area contributed by atoms with Gasteiger partial charge in [-0.15, -0.1) is 0 Å². The van der Waals surface area contributed by atoms with Crippen LogP contribution >= 0.6 is 11.8 Å². The van der Waals surface area contributed by atoms with Crippen molar-refractivity contribution in [2.24, 2.45) is 5.10 Å². The molecule has 0 saturated heterocycles. The van der Waals surface area contributed by atoms with Gasteiger partial charge < -0.3 is 8.98 Å². The van der Waals surface area contributed by atoms with E-state index in [-0.39, 0.29) is 11.4 Å². The van der Waals surface area contributed by atoms with Gasteiger partial charge in [0.2, 0.25) is 0 Å². The number of hydrogen-bond donors (Lipinski definition) is 1. The van der Waals surface area contributed by atoms with Crippen molar-refractivity contribution < 1.29 is 14.1 Å². The van der Waals surface area contributed by atoms with Gasteiger partial charge >= 0.3 is 5.91 Å². The highest BCUT2D eigenvalue weighted by Crippen LogP contribution is 2.30. The summed E-state index contributed by atoms with van der Waals surface area (Å²) in [5.41, 5.74) is 7.14. The Kier molecular flexibility index (Phi) is 6.61. The van der Waals surface area contributed by atoms with E-state index >= 15 is 0 Å². The number of non-ortho nitro benzene ring substituents is 1. The Balaban J connectivity index is 1.27. The van der Waals surface area contributed by atoms with Crippen molar-refractivity contribution in [2.75, 3.05) is 0 Å². The molecule has 5 aromatic rings. The van der Waals surface area contributed by atoms with Gasteiger partial charge in [0, 0.05) is 49.9 Å². The molecule has 0 radical (unpaired) electrons. The number of aromatic nitrogens is 1. The summed E-state index contributed by atoms with van der Waals surface area (Å²) in [7, 11) is 0. The number of nitro benzene ring substituents is 1. The third-order valence-electron chi connectivity index (χ3n) is 5.87. The van der Waals surface area contributed by atoms with E-state index in [0.29, 0.717) is 5.58 Å². The van der Waals surface area contributed by atoms with Gasteiger partial charge in [-0.1, -0.05) is 30.0 Å². The van der Waals surface area contributed by atoms with E-state index in [0.717, 1.165) is 37.8 Å². The van der Waals surface area contributed by atoms with Gasteiger partial charge in [0.25, 0.3) is 5.69 Å². The van der Waals surface area contributed by atoms with Crippen LogP contribution in [0, 0.1) is 24.0 Å². The van der Waals surface area contributed by atoms with Crippen LogP contribution in [0.4, 0.5) is 5.69 Å². The van der Waals surface area contributed by atoms with Gasteiger partial charge in [-0.25, -0.2) is 5.43 Å². The van der Waals surface area contributed by atoms with Crippen molar-refractivity contribution in [1.29, 1.82) is 0 Å². The molecule has 0 spiro atoms. The minimum absolute atomic E-state index is 0.0756. The number of furan rings is 1. The van der Waals surface area contributed by atoms with Crippen LogP contribution in [-0.2, 0) is 0 Å². The summed E-state index contributed by atoms with van der Waals surface area (Å²) >= 11 is 1.54. The fourth-order valence-corrected chi connectivity index (χ4v) is 4.88. The Morgan fingerprint density at radius 1 is 1.00 bits per heavy atom. The lowest BCUT2D eigenvalue weighted by molar-refractivity contribution is -0.384. The number of rotatable bonds is 7. The molecule has 0 unspecified atom stereocenters. The smallest absolute Gasteiger partial charge is 0.307 e. The summed E-state index contributed by atoms with van der Waals surface area (Å²) in [6.45, 7) is 4.01. The molecular formula is C28H22N4O4S. The van der Waals surface area contributed by atoms with Crippen LogP contribution in [0.3, 0.4) is 0 Å². The first-order valence-electron chi connectivity index (χ1n) is 11.4. The number of nitrogens with one attached hydrogen (secondary N) is 1. The first-order valence-corrected chi connectivity index (χ1v) is 12.2. The SMILES string of the molecule is Cc1cc(/C=N\NC(=O)c2cc3ccccc3o2)c(C)n1-c1ccc(Sc2ccc([N+](=O)[O-])cc2)cc1. The highest BCUT2D eigenvalue weighted by atomic mass is 32.2. The molecule has 0 aliphatic rings. The number of carbonyl (C=O) groups excluding carboxylic acids is 1. The normalized spacial score (nSPS) is 11.3. The largest absolute Gasteiger partial charge is 0.451 e. The fourth-order valence-electron chi connectivity index (χ4n) is 4.06. The summed E-state index contributed by atoms with van der Waals surface area (Å²) in [6.07, 6.45) is 1.62. The number of benzene rings is 3. The highest BCUT2D eigenvalue weighted by molar-refractivity contribution is 7.99. The predicted octanol–water partition coefficient (Wildman–Crippen LogP) is 6.66. The van der Waals surface area contributed by atoms with Gasteiger partial charge in [0.05, 0.1) is 11.1 Å².